The predicted octanol–water partition coefficient (Wildman–Crippen LogP) is 4.42. The number of non-ortho nitro benzene ring substituents is 1. The Kier molecular flexibility index (Phi) is 6.33. The first kappa shape index (κ1) is 21.1. The number of hydrogen-bond donors (Lipinski definition) is 1. The number of anilines is 1. The molecule has 1 heterocycles. The summed E-state index contributed by atoms with van der Waals surface area (Å²) >= 11 is 0. The molecular formula is C22H17N3O6. The summed E-state index contributed by atoms with van der Waals surface area (Å²) in [6, 6.07) is 15.8. The van der Waals surface area contributed by atoms with Crippen LogP contribution in [0.5, 0.6) is 11.5 Å². The van der Waals surface area contributed by atoms with Gasteiger partial charge in [-0.1, -0.05) is 0 Å². The molecule has 0 fully saturated rings. The van der Waals surface area contributed by atoms with Gasteiger partial charge in [-0.15, -0.1) is 0 Å². The van der Waals surface area contributed by atoms with Crippen LogP contribution in [0.25, 0.3) is 17.4 Å². The van der Waals surface area contributed by atoms with Crippen LogP contribution in [0.1, 0.15) is 5.76 Å². The highest BCUT2D eigenvalue weighted by Gasteiger charge is 2.14. The fourth-order valence-electron chi connectivity index (χ4n) is 2.74. The average Bonchev–Trinajstić information content (AvgIpc) is 3.26. The van der Waals surface area contributed by atoms with Crippen molar-refractivity contribution in [3.63, 3.8) is 0 Å². The number of nitrogens with zero attached hydrogens (tertiary/aromatic N) is 2. The van der Waals surface area contributed by atoms with E-state index in [0.717, 1.165) is 0 Å². The number of amides is 1. The second kappa shape index (κ2) is 9.28. The maximum atomic E-state index is 12.5. The number of methoxy groups -OCH3 is 2. The molecule has 0 saturated heterocycles. The molecule has 0 aliphatic heterocycles. The molecule has 0 aliphatic carbocycles. The maximum Gasteiger partial charge on any atom is 0.269 e. The smallest absolute Gasteiger partial charge is 0.269 e. The first-order valence-corrected chi connectivity index (χ1v) is 8.95. The van der Waals surface area contributed by atoms with E-state index in [2.05, 4.69) is 5.32 Å². The first-order valence-electron chi connectivity index (χ1n) is 8.95. The second-order valence-corrected chi connectivity index (χ2v) is 6.20. The highest BCUT2D eigenvalue weighted by molar-refractivity contribution is 6.09. The number of carbonyl (C=O) groups excluding carboxylic acids is 1. The number of furan rings is 1. The van der Waals surface area contributed by atoms with E-state index in [4.69, 9.17) is 13.9 Å². The molecular weight excluding hydrogens is 402 g/mol. The van der Waals surface area contributed by atoms with Crippen molar-refractivity contribution in [2.75, 3.05) is 19.5 Å². The Morgan fingerprint density at radius 3 is 2.42 bits per heavy atom. The molecule has 0 aliphatic rings. The van der Waals surface area contributed by atoms with Crippen LogP contribution in [0, 0.1) is 21.4 Å². The van der Waals surface area contributed by atoms with Gasteiger partial charge in [-0.05, 0) is 36.4 Å². The van der Waals surface area contributed by atoms with Crippen molar-refractivity contribution < 1.29 is 23.6 Å². The molecule has 0 spiro atoms. The molecule has 2 aromatic carbocycles. The van der Waals surface area contributed by atoms with Gasteiger partial charge in [0.05, 0.1) is 19.1 Å². The standard InChI is InChI=1S/C22H17N3O6/c1-29-20-9-5-16(12-21(20)30-2)24-22(26)15(13-23)11-18-8-10-19(31-18)14-3-6-17(7-4-14)25(27)28/h3-12H,1-2H3,(H,24,26)/b15-11+. The van der Waals surface area contributed by atoms with E-state index in [1.807, 2.05) is 6.07 Å². The zero-order chi connectivity index (χ0) is 22.4. The third-order valence-electron chi connectivity index (χ3n) is 4.28. The van der Waals surface area contributed by atoms with Crippen molar-refractivity contribution in [1.82, 2.24) is 0 Å². The number of benzene rings is 2. The Hall–Kier alpha value is -4.58. The number of hydrogen-bond acceptors (Lipinski definition) is 7. The third kappa shape index (κ3) is 4.89. The van der Waals surface area contributed by atoms with Gasteiger partial charge in [0.25, 0.3) is 11.6 Å². The summed E-state index contributed by atoms with van der Waals surface area (Å²) in [6.45, 7) is 0. The lowest BCUT2D eigenvalue weighted by Crippen LogP contribution is -2.13. The summed E-state index contributed by atoms with van der Waals surface area (Å²) in [5.41, 5.74) is 0.849. The topological polar surface area (TPSA) is 128 Å². The van der Waals surface area contributed by atoms with Crippen molar-refractivity contribution in [3.05, 3.63) is 76.0 Å². The van der Waals surface area contributed by atoms with Gasteiger partial charge >= 0.3 is 0 Å². The van der Waals surface area contributed by atoms with E-state index in [1.165, 1.54) is 32.4 Å². The number of nitro benzene ring substituents is 1. The molecule has 0 unspecified atom stereocenters. The summed E-state index contributed by atoms with van der Waals surface area (Å²) in [5.74, 6) is 1.04. The number of carbonyl (C=O) groups is 1. The van der Waals surface area contributed by atoms with Gasteiger partial charge in [0.15, 0.2) is 11.5 Å². The monoisotopic (exact) mass is 419 g/mol. The zero-order valence-corrected chi connectivity index (χ0v) is 16.6. The lowest BCUT2D eigenvalue weighted by Gasteiger charge is -2.10. The fraction of sp³-hybridized carbons (Fsp3) is 0.0909. The van der Waals surface area contributed by atoms with Crippen LogP contribution in [0.2, 0.25) is 0 Å². The van der Waals surface area contributed by atoms with E-state index in [-0.39, 0.29) is 17.0 Å². The summed E-state index contributed by atoms with van der Waals surface area (Å²) in [4.78, 5) is 22.8. The number of rotatable bonds is 7. The second-order valence-electron chi connectivity index (χ2n) is 6.20. The number of nitrogens with one attached hydrogen (secondary N) is 1. The van der Waals surface area contributed by atoms with Gasteiger partial charge < -0.3 is 19.2 Å². The first-order chi connectivity index (χ1) is 14.9. The average molecular weight is 419 g/mol. The normalized spacial score (nSPS) is 10.8. The predicted molar refractivity (Wildman–Crippen MR) is 113 cm³/mol. The van der Waals surface area contributed by atoms with Crippen molar-refractivity contribution in [2.45, 2.75) is 0 Å². The van der Waals surface area contributed by atoms with Gasteiger partial charge in [0, 0.05) is 35.5 Å². The van der Waals surface area contributed by atoms with E-state index in [0.29, 0.717) is 28.5 Å². The summed E-state index contributed by atoms with van der Waals surface area (Å²) in [7, 11) is 2.98. The molecule has 1 aromatic heterocycles. The van der Waals surface area contributed by atoms with Gasteiger partial charge in [-0.3, -0.25) is 14.9 Å². The van der Waals surface area contributed by atoms with Gasteiger partial charge in [0.2, 0.25) is 0 Å². The highest BCUT2D eigenvalue weighted by Crippen LogP contribution is 2.30. The molecule has 9 heteroatoms. The fourth-order valence-corrected chi connectivity index (χ4v) is 2.74. The van der Waals surface area contributed by atoms with Crippen LogP contribution in [0.15, 0.2) is 64.6 Å². The largest absolute Gasteiger partial charge is 0.493 e. The van der Waals surface area contributed by atoms with E-state index < -0.39 is 10.8 Å². The highest BCUT2D eigenvalue weighted by atomic mass is 16.6. The Morgan fingerprint density at radius 2 is 1.81 bits per heavy atom. The minimum absolute atomic E-state index is 0.0333. The molecule has 1 N–H and O–H groups in total. The van der Waals surface area contributed by atoms with E-state index in [9.17, 15) is 20.2 Å². The minimum Gasteiger partial charge on any atom is -0.493 e. The third-order valence-corrected chi connectivity index (χ3v) is 4.28. The number of ether oxygens (including phenoxy) is 2. The van der Waals surface area contributed by atoms with Gasteiger partial charge in [-0.25, -0.2) is 0 Å². The molecule has 0 radical (unpaired) electrons. The molecule has 3 aromatic rings. The summed E-state index contributed by atoms with van der Waals surface area (Å²) < 4.78 is 16.0. The summed E-state index contributed by atoms with van der Waals surface area (Å²) in [5, 5.41) is 22.8. The minimum atomic E-state index is -0.622. The molecule has 0 bridgehead atoms. The SMILES string of the molecule is COc1ccc(NC(=O)/C(C#N)=C/c2ccc(-c3ccc([N+](=O)[O-])cc3)o2)cc1OC. The number of nitro groups is 1. The van der Waals surface area contributed by atoms with Crippen LogP contribution in [-0.4, -0.2) is 25.1 Å². The molecule has 0 saturated carbocycles. The van der Waals surface area contributed by atoms with Crippen molar-refractivity contribution >= 4 is 23.4 Å². The Morgan fingerprint density at radius 1 is 1.10 bits per heavy atom. The van der Waals surface area contributed by atoms with Crippen molar-refractivity contribution in [3.8, 4) is 28.9 Å². The molecule has 156 valence electrons. The van der Waals surface area contributed by atoms with Crippen LogP contribution in [0.3, 0.4) is 0 Å². The van der Waals surface area contributed by atoms with Crippen molar-refractivity contribution in [1.29, 1.82) is 5.26 Å². The van der Waals surface area contributed by atoms with Crippen LogP contribution < -0.4 is 14.8 Å². The van der Waals surface area contributed by atoms with E-state index >= 15 is 0 Å². The Balaban J connectivity index is 1.78. The molecule has 1 amide bonds. The number of nitriles is 1. The van der Waals surface area contributed by atoms with Crippen LogP contribution in [0.4, 0.5) is 11.4 Å². The quantitative estimate of drug-likeness (QED) is 0.260. The zero-order valence-electron chi connectivity index (χ0n) is 16.6. The molecule has 3 rings (SSSR count). The maximum absolute atomic E-state index is 12.5. The lowest BCUT2D eigenvalue weighted by molar-refractivity contribution is -0.384. The molecule has 9 nitrogen and oxygen atoms in total. The molecule has 31 heavy (non-hydrogen) atoms. The molecule has 0 atom stereocenters. The van der Waals surface area contributed by atoms with Crippen LogP contribution in [-0.2, 0) is 4.79 Å². The Bertz CT molecular complexity index is 1190. The lowest BCUT2D eigenvalue weighted by atomic mass is 10.1. The van der Waals surface area contributed by atoms with Gasteiger partial charge in [0.1, 0.15) is 23.2 Å². The Labute approximate surface area is 177 Å². The van der Waals surface area contributed by atoms with Crippen molar-refractivity contribution in [2.24, 2.45) is 0 Å². The summed E-state index contributed by atoms with van der Waals surface area (Å²) in [6.07, 6.45) is 1.31. The van der Waals surface area contributed by atoms with Gasteiger partial charge in [-0.2, -0.15) is 5.26 Å². The van der Waals surface area contributed by atoms with Crippen LogP contribution >= 0.6 is 0 Å². The van der Waals surface area contributed by atoms with E-state index in [1.54, 1.807) is 42.5 Å².